The number of pyridine rings is 1. The molecule has 3 heterocycles. The molecule has 0 saturated heterocycles. The summed E-state index contributed by atoms with van der Waals surface area (Å²) in [5.74, 6) is 1.27. The third-order valence-corrected chi connectivity index (χ3v) is 8.08. The summed E-state index contributed by atoms with van der Waals surface area (Å²) in [4.78, 5) is 13.0. The van der Waals surface area contributed by atoms with Crippen LogP contribution in [0.15, 0.2) is 67.0 Å². The van der Waals surface area contributed by atoms with E-state index in [0.717, 1.165) is 82.1 Å². The van der Waals surface area contributed by atoms with Gasteiger partial charge in [0.1, 0.15) is 11.5 Å². The first-order valence-electron chi connectivity index (χ1n) is 14.8. The molecule has 41 heavy (non-hydrogen) atoms. The molecule has 0 radical (unpaired) electrons. The minimum atomic E-state index is -0.247. The molecule has 0 bridgehead atoms. The first kappa shape index (κ1) is 27.1. The van der Waals surface area contributed by atoms with Gasteiger partial charge in [0.05, 0.1) is 11.2 Å². The van der Waals surface area contributed by atoms with Crippen molar-refractivity contribution in [2.75, 3.05) is 6.54 Å². The average molecular weight is 549 g/mol. The quantitative estimate of drug-likeness (QED) is 0.165. The fourth-order valence-electron chi connectivity index (χ4n) is 5.86. The van der Waals surface area contributed by atoms with Crippen molar-refractivity contribution >= 4 is 16.5 Å². The van der Waals surface area contributed by atoms with Crippen molar-refractivity contribution in [1.29, 1.82) is 0 Å². The van der Waals surface area contributed by atoms with Crippen molar-refractivity contribution in [2.24, 2.45) is 5.92 Å². The van der Waals surface area contributed by atoms with Crippen LogP contribution >= 0.6 is 0 Å². The number of unbranched alkanes of at least 4 members (excludes halogenated alkanes) is 1. The number of aromatic nitrogens is 5. The molecule has 1 aliphatic carbocycles. The van der Waals surface area contributed by atoms with Gasteiger partial charge in [-0.15, -0.1) is 0 Å². The van der Waals surface area contributed by atoms with Crippen molar-refractivity contribution in [1.82, 2.24) is 30.5 Å². The summed E-state index contributed by atoms with van der Waals surface area (Å²) in [7, 11) is 0. The number of hydrogen-bond donors (Lipinski definition) is 3. The lowest BCUT2D eigenvalue weighted by Gasteiger charge is -2.11. The first-order chi connectivity index (χ1) is 20.1. The van der Waals surface area contributed by atoms with Crippen LogP contribution in [0.25, 0.3) is 39.1 Å². The molecule has 3 N–H and O–H groups in total. The van der Waals surface area contributed by atoms with Gasteiger partial charge in [-0.1, -0.05) is 50.5 Å². The molecule has 6 nitrogen and oxygen atoms in total. The largest absolute Gasteiger partial charge is 0.340 e. The molecular formula is C34H37FN6. The maximum Gasteiger partial charge on any atom is 0.159 e. The number of benzene rings is 2. The third-order valence-electron chi connectivity index (χ3n) is 8.08. The van der Waals surface area contributed by atoms with Gasteiger partial charge in [0.15, 0.2) is 5.82 Å². The maximum atomic E-state index is 13.7. The summed E-state index contributed by atoms with van der Waals surface area (Å²) in [6.45, 7) is 6.07. The van der Waals surface area contributed by atoms with Crippen molar-refractivity contribution in [2.45, 2.75) is 58.9 Å². The van der Waals surface area contributed by atoms with Gasteiger partial charge in [0, 0.05) is 41.2 Å². The van der Waals surface area contributed by atoms with Crippen LogP contribution in [0.1, 0.15) is 68.0 Å². The van der Waals surface area contributed by atoms with E-state index in [1.54, 1.807) is 0 Å². The lowest BCUT2D eigenvalue weighted by molar-refractivity contribution is 0.489. The van der Waals surface area contributed by atoms with Gasteiger partial charge in [-0.3, -0.25) is 10.1 Å². The predicted molar refractivity (Wildman–Crippen MR) is 164 cm³/mol. The summed E-state index contributed by atoms with van der Waals surface area (Å²) >= 11 is 0. The van der Waals surface area contributed by atoms with Crippen LogP contribution in [0.2, 0.25) is 0 Å². The topological polar surface area (TPSA) is 82.3 Å². The van der Waals surface area contributed by atoms with E-state index in [-0.39, 0.29) is 5.82 Å². The molecule has 0 spiro atoms. The van der Waals surface area contributed by atoms with Crippen LogP contribution in [-0.2, 0) is 6.54 Å². The summed E-state index contributed by atoms with van der Waals surface area (Å²) in [6.07, 6.45) is 13.4. The molecule has 210 valence electrons. The summed E-state index contributed by atoms with van der Waals surface area (Å²) in [5.41, 5.74) is 8.81. The number of nitrogens with one attached hydrogen (secondary N) is 3. The fraction of sp³-hybridized carbons (Fsp3) is 0.324. The molecule has 6 rings (SSSR count). The zero-order chi connectivity index (χ0) is 28.2. The Balaban J connectivity index is 1.29. The minimum absolute atomic E-state index is 0.247. The second-order valence-corrected chi connectivity index (χ2v) is 11.2. The number of H-pyrrole nitrogens is 2. The Morgan fingerprint density at radius 3 is 2.68 bits per heavy atom. The van der Waals surface area contributed by atoms with E-state index in [9.17, 15) is 4.39 Å². The third kappa shape index (κ3) is 6.00. The molecule has 1 aliphatic rings. The van der Waals surface area contributed by atoms with Crippen LogP contribution < -0.4 is 5.32 Å². The van der Waals surface area contributed by atoms with Crippen LogP contribution in [0.3, 0.4) is 0 Å². The number of halogens is 1. The minimum Gasteiger partial charge on any atom is -0.340 e. The van der Waals surface area contributed by atoms with Gasteiger partial charge in [-0.25, -0.2) is 9.37 Å². The Morgan fingerprint density at radius 1 is 1.05 bits per heavy atom. The molecule has 0 amide bonds. The molecule has 0 atom stereocenters. The second-order valence-electron chi connectivity index (χ2n) is 11.2. The molecule has 3 aromatic heterocycles. The molecule has 1 saturated carbocycles. The van der Waals surface area contributed by atoms with E-state index in [1.807, 2.05) is 31.5 Å². The Bertz CT molecular complexity index is 1660. The smallest absolute Gasteiger partial charge is 0.159 e. The van der Waals surface area contributed by atoms with Gasteiger partial charge < -0.3 is 10.3 Å². The first-order valence-corrected chi connectivity index (χ1v) is 14.8. The van der Waals surface area contributed by atoms with E-state index < -0.39 is 0 Å². The van der Waals surface area contributed by atoms with Crippen molar-refractivity contribution < 1.29 is 4.39 Å². The van der Waals surface area contributed by atoms with Gasteiger partial charge in [-0.2, -0.15) is 5.10 Å². The molecule has 0 aliphatic heterocycles. The molecule has 5 aromatic rings. The van der Waals surface area contributed by atoms with E-state index in [4.69, 9.17) is 4.98 Å². The highest BCUT2D eigenvalue weighted by Gasteiger charge is 2.19. The zero-order valence-corrected chi connectivity index (χ0v) is 23.8. The molecule has 2 aromatic carbocycles. The standard InChI is InChI=1S/C34H37FN6/c1-3-4-9-29(25-10-13-28(35)14-11-25)32-22(2)38-34(39-32)33-30-17-26(12-15-31(30)40-41-33)27-16-24(20-37-21-27)19-36-18-23-7-5-6-8-23/h9-17,20-21,23,36H,3-8,18-19H2,1-2H3,(H,38,39)(H,40,41)/b29-9-. The van der Waals surface area contributed by atoms with E-state index in [0.29, 0.717) is 5.82 Å². The van der Waals surface area contributed by atoms with Crippen molar-refractivity contribution in [3.63, 3.8) is 0 Å². The van der Waals surface area contributed by atoms with Crippen LogP contribution in [0.5, 0.6) is 0 Å². The molecular weight excluding hydrogens is 511 g/mol. The van der Waals surface area contributed by atoms with Gasteiger partial charge in [0.2, 0.25) is 0 Å². The lowest BCUT2D eigenvalue weighted by Crippen LogP contribution is -2.20. The number of rotatable bonds is 10. The molecule has 7 heteroatoms. The molecule has 0 unspecified atom stereocenters. The number of imidazole rings is 1. The Hall–Kier alpha value is -4.10. The SMILES string of the molecule is CCC/C=C(/c1ccc(F)cc1)c1nc(-c2n[nH]c3ccc(-c4cncc(CNCC5CCCC5)c4)cc23)[nH]c1C. The van der Waals surface area contributed by atoms with Crippen molar-refractivity contribution in [3.05, 3.63) is 95.3 Å². The average Bonchev–Trinajstić information content (AvgIpc) is 3.74. The monoisotopic (exact) mass is 548 g/mol. The van der Waals surface area contributed by atoms with Crippen LogP contribution in [0, 0.1) is 18.7 Å². The number of hydrogen-bond acceptors (Lipinski definition) is 4. The van der Waals surface area contributed by atoms with E-state index in [1.165, 1.54) is 43.4 Å². The van der Waals surface area contributed by atoms with Gasteiger partial charge in [0.25, 0.3) is 0 Å². The maximum absolute atomic E-state index is 13.7. The van der Waals surface area contributed by atoms with E-state index in [2.05, 4.69) is 62.7 Å². The number of aromatic amines is 2. The predicted octanol–water partition coefficient (Wildman–Crippen LogP) is 7.97. The zero-order valence-electron chi connectivity index (χ0n) is 23.8. The second kappa shape index (κ2) is 12.2. The van der Waals surface area contributed by atoms with E-state index >= 15 is 0 Å². The highest BCUT2D eigenvalue weighted by molar-refractivity contribution is 5.94. The lowest BCUT2D eigenvalue weighted by atomic mass is 10.00. The summed E-state index contributed by atoms with van der Waals surface area (Å²) < 4.78 is 13.7. The normalized spacial score (nSPS) is 14.4. The number of fused-ring (bicyclic) bond motifs is 1. The highest BCUT2D eigenvalue weighted by atomic mass is 19.1. The fourth-order valence-corrected chi connectivity index (χ4v) is 5.86. The number of nitrogens with zero attached hydrogens (tertiary/aromatic N) is 3. The molecule has 1 fully saturated rings. The Morgan fingerprint density at radius 2 is 1.88 bits per heavy atom. The number of allylic oxidation sites excluding steroid dienone is 1. The highest BCUT2D eigenvalue weighted by Crippen LogP contribution is 2.33. The summed E-state index contributed by atoms with van der Waals surface area (Å²) in [5, 5.41) is 12.4. The van der Waals surface area contributed by atoms with Gasteiger partial charge >= 0.3 is 0 Å². The summed E-state index contributed by atoms with van der Waals surface area (Å²) in [6, 6.07) is 15.2. The Labute approximate surface area is 240 Å². The van der Waals surface area contributed by atoms with Crippen LogP contribution in [0.4, 0.5) is 4.39 Å². The number of aryl methyl sites for hydroxylation is 1. The van der Waals surface area contributed by atoms with Crippen molar-refractivity contribution in [3.8, 4) is 22.6 Å². The Kier molecular flexibility index (Phi) is 8.05. The van der Waals surface area contributed by atoms with Crippen LogP contribution in [-0.4, -0.2) is 31.7 Å². The van der Waals surface area contributed by atoms with Gasteiger partial charge in [-0.05, 0) is 85.7 Å².